The van der Waals surface area contributed by atoms with Crippen LogP contribution in [0.15, 0.2) is 231 Å². The van der Waals surface area contributed by atoms with Gasteiger partial charge in [-0.25, -0.2) is 9.97 Å². The molecule has 65 heavy (non-hydrogen) atoms. The summed E-state index contributed by atoms with van der Waals surface area (Å²) < 4.78 is 0. The highest BCUT2D eigenvalue weighted by molar-refractivity contribution is 6.05. The molecule has 0 spiro atoms. The Bertz CT molecular complexity index is 3580. The third-order valence-electron chi connectivity index (χ3n) is 13.5. The molecule has 4 heterocycles. The largest absolute Gasteiger partial charge is 0.254 e. The Morgan fingerprint density at radius 3 is 1.05 bits per heavy atom. The van der Waals surface area contributed by atoms with E-state index in [1.165, 1.54) is 33.4 Å². The quantitative estimate of drug-likeness (QED) is 0.157. The molecule has 0 unspecified atom stereocenters. The maximum atomic E-state index is 5.25. The molecule has 0 saturated heterocycles. The number of aromatic nitrogens is 4. The summed E-state index contributed by atoms with van der Waals surface area (Å²) in [7, 11) is 0. The van der Waals surface area contributed by atoms with Crippen LogP contribution in [0, 0.1) is 0 Å². The summed E-state index contributed by atoms with van der Waals surface area (Å²) in [5.41, 5.74) is 19.2. The maximum absolute atomic E-state index is 5.25. The molecule has 4 aromatic heterocycles. The van der Waals surface area contributed by atoms with E-state index in [4.69, 9.17) is 19.9 Å². The highest BCUT2D eigenvalue weighted by Gasteiger charge is 2.45. The number of hydrogen-bond acceptors (Lipinski definition) is 4. The average Bonchev–Trinajstić information content (AvgIpc) is 3.69. The zero-order valence-corrected chi connectivity index (χ0v) is 35.2. The molecule has 13 rings (SSSR count). The number of nitrogens with zero attached hydrogens (tertiary/aromatic N) is 4. The summed E-state index contributed by atoms with van der Waals surface area (Å²) in [5.74, 6) is 0. The van der Waals surface area contributed by atoms with Crippen molar-refractivity contribution in [2.75, 3.05) is 0 Å². The van der Waals surface area contributed by atoms with E-state index >= 15 is 0 Å². The third kappa shape index (κ3) is 5.77. The number of benzene rings is 8. The van der Waals surface area contributed by atoms with E-state index in [0.29, 0.717) is 0 Å². The van der Waals surface area contributed by atoms with Gasteiger partial charge >= 0.3 is 0 Å². The van der Waals surface area contributed by atoms with Gasteiger partial charge in [0.25, 0.3) is 0 Å². The zero-order chi connectivity index (χ0) is 42.9. The van der Waals surface area contributed by atoms with Crippen molar-refractivity contribution in [3.63, 3.8) is 0 Å². The molecule has 0 saturated carbocycles. The van der Waals surface area contributed by atoms with Crippen LogP contribution in [0.3, 0.4) is 0 Å². The lowest BCUT2D eigenvalue weighted by Gasteiger charge is -2.34. The van der Waals surface area contributed by atoms with Gasteiger partial charge in [0, 0.05) is 45.1 Å². The van der Waals surface area contributed by atoms with Crippen LogP contribution in [0.25, 0.3) is 99.5 Å². The lowest BCUT2D eigenvalue weighted by atomic mass is 9.67. The molecular formula is C61H38N4. The first-order valence-electron chi connectivity index (χ1n) is 22.1. The van der Waals surface area contributed by atoms with Gasteiger partial charge in [0.1, 0.15) is 0 Å². The Hall–Kier alpha value is -8.60. The third-order valence-corrected chi connectivity index (χ3v) is 13.5. The summed E-state index contributed by atoms with van der Waals surface area (Å²) in [6.07, 6.45) is 3.69. The fourth-order valence-corrected chi connectivity index (χ4v) is 10.5. The Morgan fingerprint density at radius 2 is 0.615 bits per heavy atom. The van der Waals surface area contributed by atoms with Gasteiger partial charge in [-0.05, 0) is 79.9 Å². The fraction of sp³-hybridized carbons (Fsp3) is 0.0164. The van der Waals surface area contributed by atoms with Crippen LogP contribution in [-0.4, -0.2) is 19.9 Å². The smallest absolute Gasteiger partial charge is 0.0972 e. The van der Waals surface area contributed by atoms with Gasteiger partial charge in [0.15, 0.2) is 0 Å². The molecule has 4 heteroatoms. The molecule has 0 fully saturated rings. The van der Waals surface area contributed by atoms with Crippen molar-refractivity contribution >= 4 is 43.6 Å². The lowest BCUT2D eigenvalue weighted by Crippen LogP contribution is -2.28. The first kappa shape index (κ1) is 37.0. The maximum Gasteiger partial charge on any atom is 0.0972 e. The van der Waals surface area contributed by atoms with E-state index in [1.54, 1.807) is 0 Å². The van der Waals surface area contributed by atoms with Crippen molar-refractivity contribution in [2.24, 2.45) is 0 Å². The van der Waals surface area contributed by atoms with Gasteiger partial charge < -0.3 is 0 Å². The van der Waals surface area contributed by atoms with Crippen molar-refractivity contribution in [3.8, 4) is 55.9 Å². The molecule has 0 radical (unpaired) electrons. The molecule has 12 aromatic rings. The van der Waals surface area contributed by atoms with Crippen LogP contribution in [0.1, 0.15) is 22.3 Å². The van der Waals surface area contributed by atoms with Crippen molar-refractivity contribution in [3.05, 3.63) is 253 Å². The van der Waals surface area contributed by atoms with Crippen LogP contribution in [0.2, 0.25) is 0 Å². The lowest BCUT2D eigenvalue weighted by molar-refractivity contribution is 0.769. The van der Waals surface area contributed by atoms with E-state index < -0.39 is 5.41 Å². The zero-order valence-electron chi connectivity index (χ0n) is 35.2. The average molecular weight is 827 g/mol. The SMILES string of the molecule is c1ccc(-c2ccc3ccc4cccnc4c3n2)c(-c2ccc(C3(c4ccc(-c5ccccc5-c5ccc6ccc7cccnc7c6n5)cc4)c4ccccc4-c4ccccc43)cc2)c1. The van der Waals surface area contributed by atoms with Crippen LogP contribution in [-0.2, 0) is 5.41 Å². The van der Waals surface area contributed by atoms with E-state index in [-0.39, 0.29) is 0 Å². The minimum absolute atomic E-state index is 0.550. The van der Waals surface area contributed by atoms with Gasteiger partial charge in [0.05, 0.1) is 38.9 Å². The number of rotatable bonds is 6. The van der Waals surface area contributed by atoms with Gasteiger partial charge in [-0.3, -0.25) is 9.97 Å². The predicted octanol–water partition coefficient (Wildman–Crippen LogP) is 14.9. The van der Waals surface area contributed by atoms with Crippen molar-refractivity contribution in [2.45, 2.75) is 5.41 Å². The van der Waals surface area contributed by atoms with Crippen LogP contribution >= 0.6 is 0 Å². The van der Waals surface area contributed by atoms with Gasteiger partial charge in [-0.1, -0.05) is 194 Å². The Labute approximate surface area is 376 Å². The van der Waals surface area contributed by atoms with Crippen LogP contribution in [0.4, 0.5) is 0 Å². The molecule has 0 aliphatic heterocycles. The van der Waals surface area contributed by atoms with Crippen molar-refractivity contribution in [1.82, 2.24) is 19.9 Å². The summed E-state index contributed by atoms with van der Waals surface area (Å²) in [6.45, 7) is 0. The van der Waals surface area contributed by atoms with E-state index in [0.717, 1.165) is 88.4 Å². The number of fused-ring (bicyclic) bond motifs is 9. The van der Waals surface area contributed by atoms with Gasteiger partial charge in [0.2, 0.25) is 0 Å². The molecule has 1 aliphatic rings. The van der Waals surface area contributed by atoms with E-state index in [2.05, 4.69) is 206 Å². The van der Waals surface area contributed by atoms with E-state index in [9.17, 15) is 0 Å². The minimum atomic E-state index is -0.550. The summed E-state index contributed by atoms with van der Waals surface area (Å²) in [5, 5.41) is 4.33. The molecule has 0 atom stereocenters. The topological polar surface area (TPSA) is 51.6 Å². The van der Waals surface area contributed by atoms with E-state index in [1.807, 2.05) is 24.5 Å². The number of hydrogen-bond donors (Lipinski definition) is 0. The molecule has 4 nitrogen and oxygen atoms in total. The predicted molar refractivity (Wildman–Crippen MR) is 267 cm³/mol. The summed E-state index contributed by atoms with van der Waals surface area (Å²) in [4.78, 5) is 19.9. The molecule has 0 N–H and O–H groups in total. The fourth-order valence-electron chi connectivity index (χ4n) is 10.5. The summed E-state index contributed by atoms with van der Waals surface area (Å²) in [6, 6.07) is 78.8. The normalized spacial score (nSPS) is 12.7. The molecule has 0 bridgehead atoms. The highest BCUT2D eigenvalue weighted by atomic mass is 14.8. The van der Waals surface area contributed by atoms with Crippen LogP contribution < -0.4 is 0 Å². The van der Waals surface area contributed by atoms with Crippen LogP contribution in [0.5, 0.6) is 0 Å². The van der Waals surface area contributed by atoms with Gasteiger partial charge in [-0.2, -0.15) is 0 Å². The number of pyridine rings is 4. The highest BCUT2D eigenvalue weighted by Crippen LogP contribution is 2.56. The molecule has 302 valence electrons. The molecule has 8 aromatic carbocycles. The van der Waals surface area contributed by atoms with Crippen molar-refractivity contribution in [1.29, 1.82) is 0 Å². The monoisotopic (exact) mass is 826 g/mol. The first-order valence-corrected chi connectivity index (χ1v) is 22.1. The molecular weight excluding hydrogens is 789 g/mol. The Morgan fingerprint density at radius 1 is 0.262 bits per heavy atom. The minimum Gasteiger partial charge on any atom is -0.254 e. The second-order valence-electron chi connectivity index (χ2n) is 16.9. The van der Waals surface area contributed by atoms with Crippen molar-refractivity contribution < 1.29 is 0 Å². The standard InChI is InChI=1S/C61H38N4/c1-3-17-51(55-35-29-43-23-21-41-11-9-37-62-57(41)59(43)64-55)47(13-1)39-25-31-45(32-26-39)61(53-19-7-5-15-49(53)50-16-6-8-20-54(50)61)46-33-27-40(28-34-46)48-14-2-4-18-52(48)56-36-30-44-24-22-42-12-10-38-63-58(42)60(44)65-56/h1-38H. The van der Waals surface area contributed by atoms with Gasteiger partial charge in [-0.15, -0.1) is 0 Å². The second kappa shape index (κ2) is 14.8. The summed E-state index contributed by atoms with van der Waals surface area (Å²) >= 11 is 0. The second-order valence-corrected chi connectivity index (χ2v) is 16.9. The Balaban J connectivity index is 0.931. The molecule has 1 aliphatic carbocycles. The first-order chi connectivity index (χ1) is 32.2. The molecule has 0 amide bonds. The Kier molecular flexibility index (Phi) is 8.40.